The van der Waals surface area contributed by atoms with Crippen LogP contribution in [0.2, 0.25) is 17.5 Å². The molecule has 1 aromatic rings. The Balaban J connectivity index is 3.71. The maximum atomic E-state index is 14.2. The molecule has 6 unspecified atom stereocenters. The van der Waals surface area contributed by atoms with Gasteiger partial charge in [-0.05, 0) is 0 Å². The molecule has 0 heterocycles. The van der Waals surface area contributed by atoms with E-state index in [2.05, 4.69) is 0 Å². The van der Waals surface area contributed by atoms with Crippen LogP contribution in [0.5, 0.6) is 0 Å². The van der Waals surface area contributed by atoms with Gasteiger partial charge in [-0.2, -0.15) is 0 Å². The Morgan fingerprint density at radius 1 is 0.545 bits per heavy atom. The molecule has 258 valence electrons. The Labute approximate surface area is 301 Å². The van der Waals surface area contributed by atoms with Crippen LogP contribution in [0, 0.1) is 0 Å². The Hall–Kier alpha value is 2.24. The van der Waals surface area contributed by atoms with Gasteiger partial charge in [0.15, 0.2) is 0 Å². The van der Waals surface area contributed by atoms with Crippen LogP contribution in [-0.2, 0) is 33.3 Å². The average Bonchev–Trinajstić information content (AvgIpc) is 2.89. The second kappa shape index (κ2) is 22.9. The first-order chi connectivity index (χ1) is 20.6. The first-order valence-corrected chi connectivity index (χ1v) is 29.2. The van der Waals surface area contributed by atoms with Crippen molar-refractivity contribution >= 4 is 103 Å². The summed E-state index contributed by atoms with van der Waals surface area (Å²) in [4.78, 5) is 0. The maximum absolute atomic E-state index is 14.2. The van der Waals surface area contributed by atoms with Crippen LogP contribution < -0.4 is 0 Å². The van der Waals surface area contributed by atoms with E-state index in [0.717, 1.165) is 0 Å². The normalized spacial score (nSPS) is 17.0. The first-order valence-electron chi connectivity index (χ1n) is 14.9. The standard InChI is InChI=1S/C16H26O8P2.4C3H6Cl.2Sb/c1-5-21-25(19,22-6-2)15(17)13-9-11-14(12-10-13)16(18)26(20,23-7-3)24-8-4;4*1-3(2)4;;/h9-12,15-16H,5-8H2,1-4H3;4*3H,1H2,2H3;;/q-2;;;;;2*+1. The zero-order valence-electron chi connectivity index (χ0n) is 27.0. The molecular weight excluding hydrogens is 912 g/mol. The summed E-state index contributed by atoms with van der Waals surface area (Å²) in [6, 6.07) is 7.14. The summed E-state index contributed by atoms with van der Waals surface area (Å²) in [5, 5.41) is -0.485. The van der Waals surface area contributed by atoms with Crippen molar-refractivity contribution in [3.05, 3.63) is 35.4 Å². The summed E-state index contributed by atoms with van der Waals surface area (Å²) in [6.07, 6.45) is 0. The van der Waals surface area contributed by atoms with E-state index < -0.39 is 68.1 Å². The Bertz CT molecular complexity index is 905. The number of hydrogen-bond donors (Lipinski definition) is 0. The summed E-state index contributed by atoms with van der Waals surface area (Å²) in [5.74, 6) is -1.95. The monoisotopic (exact) mass is 958 g/mol. The molecule has 44 heavy (non-hydrogen) atoms. The van der Waals surface area contributed by atoms with E-state index in [1.807, 2.05) is 27.7 Å². The first kappa shape index (κ1) is 44.3. The van der Waals surface area contributed by atoms with Crippen molar-refractivity contribution in [2.45, 2.75) is 106 Å². The molecule has 0 aromatic heterocycles. The third-order valence-electron chi connectivity index (χ3n) is 5.64. The van der Waals surface area contributed by atoms with Crippen LogP contribution >= 0.6 is 61.6 Å². The molecule has 0 saturated heterocycles. The minimum absolute atomic E-state index is 0.121. The fraction of sp³-hybridized carbons (Fsp3) is 0.786. The molecular formula is C28H50Cl4O8P2Sb2. The van der Waals surface area contributed by atoms with Gasteiger partial charge in [0.2, 0.25) is 0 Å². The quantitative estimate of drug-likeness (QED) is 0.0575. The molecule has 0 aliphatic carbocycles. The third-order valence-corrected chi connectivity index (χ3v) is 28.1. The van der Waals surface area contributed by atoms with Crippen LogP contribution in [0.3, 0.4) is 0 Å². The van der Waals surface area contributed by atoms with Gasteiger partial charge in [-0.3, -0.25) is 0 Å². The van der Waals surface area contributed by atoms with E-state index in [4.69, 9.17) is 70.5 Å². The van der Waals surface area contributed by atoms with Gasteiger partial charge in [-0.25, -0.2) is 0 Å². The van der Waals surface area contributed by atoms with Crippen molar-refractivity contribution in [1.29, 1.82) is 0 Å². The van der Waals surface area contributed by atoms with Crippen LogP contribution in [0.15, 0.2) is 24.3 Å². The Kier molecular flexibility index (Phi) is 23.0. The zero-order chi connectivity index (χ0) is 33.5. The number of rotatable bonds is 24. The van der Waals surface area contributed by atoms with Crippen LogP contribution in [-0.4, -0.2) is 89.2 Å². The summed E-state index contributed by atoms with van der Waals surface area (Å²) in [6.45, 7) is 15.4. The van der Waals surface area contributed by atoms with Gasteiger partial charge in [-0.15, -0.1) is 0 Å². The summed E-state index contributed by atoms with van der Waals surface area (Å²) < 4.78 is 67.4. The molecule has 0 bridgehead atoms. The molecule has 0 saturated carbocycles. The molecule has 16 heteroatoms. The predicted octanol–water partition coefficient (Wildman–Crippen LogP) is 10.7. The molecule has 6 atom stereocenters. The SMILES string of the molecule is CCOP(=O)(OCC)C([O][Sb]([CH2]C(C)Cl)[CH2]C(C)Cl)c1ccc(C([O][Sb]([CH2]C(C)Cl)[CH2]C(C)Cl)P(=O)(OCC)OCC)cc1. The fourth-order valence-electron chi connectivity index (χ4n) is 4.22. The molecule has 8 nitrogen and oxygen atoms in total. The zero-order valence-corrected chi connectivity index (χ0v) is 36.9. The van der Waals surface area contributed by atoms with Gasteiger partial charge in [0, 0.05) is 0 Å². The second-order valence-corrected chi connectivity index (χ2v) is 28.1. The Morgan fingerprint density at radius 2 is 0.773 bits per heavy atom. The number of hydrogen-bond acceptors (Lipinski definition) is 8. The van der Waals surface area contributed by atoms with Crippen molar-refractivity contribution in [3.8, 4) is 0 Å². The van der Waals surface area contributed by atoms with Crippen molar-refractivity contribution < 1.29 is 33.3 Å². The minimum atomic E-state index is -3.76. The van der Waals surface area contributed by atoms with Crippen molar-refractivity contribution in [1.82, 2.24) is 0 Å². The van der Waals surface area contributed by atoms with E-state index in [1.54, 1.807) is 52.0 Å². The summed E-state index contributed by atoms with van der Waals surface area (Å²) >= 11 is 20.3. The molecule has 0 aliphatic heterocycles. The third kappa shape index (κ3) is 15.8. The van der Waals surface area contributed by atoms with Gasteiger partial charge >= 0.3 is 304 Å². The molecule has 0 aliphatic rings. The number of halogens is 4. The summed E-state index contributed by atoms with van der Waals surface area (Å²) in [7, 11) is -7.51. The van der Waals surface area contributed by atoms with E-state index in [-0.39, 0.29) is 47.9 Å². The predicted molar refractivity (Wildman–Crippen MR) is 188 cm³/mol. The topological polar surface area (TPSA) is 89.5 Å². The molecule has 0 spiro atoms. The second-order valence-electron chi connectivity index (χ2n) is 10.1. The van der Waals surface area contributed by atoms with Crippen molar-refractivity contribution in [2.75, 3.05) is 26.4 Å². The van der Waals surface area contributed by atoms with Gasteiger partial charge in [-0.1, -0.05) is 0 Å². The summed E-state index contributed by atoms with van der Waals surface area (Å²) in [5.41, 5.74) is 1.20. The Morgan fingerprint density at radius 3 is 0.955 bits per heavy atom. The van der Waals surface area contributed by atoms with Crippen LogP contribution in [0.1, 0.15) is 78.2 Å². The van der Waals surface area contributed by atoms with Gasteiger partial charge < -0.3 is 0 Å². The van der Waals surface area contributed by atoms with Gasteiger partial charge in [0.05, 0.1) is 0 Å². The van der Waals surface area contributed by atoms with Crippen molar-refractivity contribution in [2.24, 2.45) is 0 Å². The van der Waals surface area contributed by atoms with Gasteiger partial charge in [0.1, 0.15) is 0 Å². The van der Waals surface area contributed by atoms with E-state index in [9.17, 15) is 9.13 Å². The van der Waals surface area contributed by atoms with E-state index >= 15 is 0 Å². The van der Waals surface area contributed by atoms with E-state index in [0.29, 0.717) is 28.6 Å². The fourth-order valence-corrected chi connectivity index (χ4v) is 26.1. The molecule has 1 rings (SSSR count). The van der Waals surface area contributed by atoms with E-state index in [1.165, 1.54) is 0 Å². The molecule has 0 amide bonds. The van der Waals surface area contributed by atoms with Crippen LogP contribution in [0.4, 0.5) is 0 Å². The molecule has 1 aromatic carbocycles. The number of benzene rings is 1. The molecule has 0 N–H and O–H groups in total. The van der Waals surface area contributed by atoms with Gasteiger partial charge in [0.25, 0.3) is 0 Å². The molecule has 0 fully saturated rings. The van der Waals surface area contributed by atoms with Crippen LogP contribution in [0.25, 0.3) is 0 Å². The van der Waals surface area contributed by atoms with Crippen molar-refractivity contribution in [3.63, 3.8) is 0 Å². The number of alkyl halides is 4. The molecule has 0 radical (unpaired) electrons. The average molecular weight is 962 g/mol.